The summed E-state index contributed by atoms with van der Waals surface area (Å²) in [6.45, 7) is 6.45. The molecular formula is C73H126O6. The topological polar surface area (TPSA) is 78.9 Å². The fourth-order valence-corrected chi connectivity index (χ4v) is 9.49. The average molecular weight is 1100 g/mol. The Bertz CT molecular complexity index is 1540. The molecule has 0 N–H and O–H groups in total. The van der Waals surface area contributed by atoms with Crippen molar-refractivity contribution in [1.29, 1.82) is 0 Å². The summed E-state index contributed by atoms with van der Waals surface area (Å²) in [5, 5.41) is 0. The molecule has 0 aromatic carbocycles. The van der Waals surface area contributed by atoms with E-state index < -0.39 is 6.10 Å². The third kappa shape index (κ3) is 65.0. The Morgan fingerprint density at radius 1 is 0.266 bits per heavy atom. The van der Waals surface area contributed by atoms with Crippen LogP contribution in [0.1, 0.15) is 329 Å². The Labute approximate surface area is 489 Å². The van der Waals surface area contributed by atoms with Crippen LogP contribution in [0.15, 0.2) is 97.2 Å². The Morgan fingerprint density at radius 3 is 0.861 bits per heavy atom. The maximum atomic E-state index is 12.9. The van der Waals surface area contributed by atoms with E-state index >= 15 is 0 Å². The van der Waals surface area contributed by atoms with Gasteiger partial charge in [-0.05, 0) is 109 Å². The van der Waals surface area contributed by atoms with Gasteiger partial charge in [0.1, 0.15) is 13.2 Å². The van der Waals surface area contributed by atoms with E-state index in [0.29, 0.717) is 19.3 Å². The van der Waals surface area contributed by atoms with Crippen molar-refractivity contribution in [2.24, 2.45) is 0 Å². The van der Waals surface area contributed by atoms with Gasteiger partial charge in [-0.1, -0.05) is 298 Å². The van der Waals surface area contributed by atoms with Crippen molar-refractivity contribution in [3.63, 3.8) is 0 Å². The molecule has 0 saturated heterocycles. The molecule has 0 aliphatic rings. The summed E-state index contributed by atoms with van der Waals surface area (Å²) in [7, 11) is 0. The molecule has 1 unspecified atom stereocenters. The van der Waals surface area contributed by atoms with Crippen LogP contribution in [0, 0.1) is 0 Å². The van der Waals surface area contributed by atoms with Gasteiger partial charge in [0.15, 0.2) is 6.10 Å². The molecule has 0 spiro atoms. The fourth-order valence-electron chi connectivity index (χ4n) is 9.49. The van der Waals surface area contributed by atoms with Crippen molar-refractivity contribution in [3.8, 4) is 0 Å². The molecule has 0 fully saturated rings. The summed E-state index contributed by atoms with van der Waals surface area (Å²) in [5.41, 5.74) is 0. The van der Waals surface area contributed by atoms with Crippen LogP contribution in [-0.4, -0.2) is 37.2 Å². The van der Waals surface area contributed by atoms with Crippen molar-refractivity contribution in [2.75, 3.05) is 13.2 Å². The highest BCUT2D eigenvalue weighted by Crippen LogP contribution is 2.17. The number of hydrogen-bond donors (Lipinski definition) is 0. The third-order valence-corrected chi connectivity index (χ3v) is 14.5. The summed E-state index contributed by atoms with van der Waals surface area (Å²) in [5.74, 6) is -0.960. The van der Waals surface area contributed by atoms with Crippen molar-refractivity contribution in [1.82, 2.24) is 0 Å². The molecule has 6 nitrogen and oxygen atoms in total. The first-order valence-electron chi connectivity index (χ1n) is 33.7. The maximum Gasteiger partial charge on any atom is 0.306 e. The molecule has 0 aromatic rings. The zero-order valence-electron chi connectivity index (χ0n) is 52.1. The fraction of sp³-hybridized carbons (Fsp3) is 0.740. The second-order valence-corrected chi connectivity index (χ2v) is 22.3. The first-order valence-corrected chi connectivity index (χ1v) is 33.7. The van der Waals surface area contributed by atoms with Crippen LogP contribution >= 0.6 is 0 Å². The van der Waals surface area contributed by atoms with Crippen LogP contribution in [0.5, 0.6) is 0 Å². The minimum absolute atomic E-state index is 0.100. The lowest BCUT2D eigenvalue weighted by Gasteiger charge is -2.18. The number of carbonyl (C=O) groups is 3. The van der Waals surface area contributed by atoms with E-state index in [9.17, 15) is 14.4 Å². The standard InChI is InChI=1S/C73H126O6/c1-4-7-10-13-16-19-22-24-26-28-29-30-31-32-33-34-35-36-37-38-39-40-41-42-43-45-46-48-51-54-57-60-63-66-72(75)78-69-70(68-77-71(74)65-62-59-56-53-50-21-18-15-12-9-6-3)79-73(76)67-64-61-58-55-52-49-47-44-27-25-23-20-17-14-11-8-5-2/h8,11,15,17-18,20,22,24-25,27-29,47,49,55,58,70H,4-7,9-10,12-14,16,19,21,23,26,30-46,48,50-54,56-57,59-69H2,1-3H3/b11-8-,18-15-,20-17-,24-22-,27-25-,29-28-,49-47-,58-55-. The van der Waals surface area contributed by atoms with Gasteiger partial charge in [-0.15, -0.1) is 0 Å². The molecule has 0 rings (SSSR count). The van der Waals surface area contributed by atoms with Crippen molar-refractivity contribution >= 4 is 17.9 Å². The summed E-state index contributed by atoms with van der Waals surface area (Å²) in [4.78, 5) is 38.2. The normalized spacial score (nSPS) is 12.7. The van der Waals surface area contributed by atoms with Gasteiger partial charge in [0, 0.05) is 19.3 Å². The summed E-state index contributed by atoms with van der Waals surface area (Å²) in [6, 6.07) is 0. The second kappa shape index (κ2) is 66.8. The van der Waals surface area contributed by atoms with Crippen LogP contribution in [0.4, 0.5) is 0 Å². The zero-order chi connectivity index (χ0) is 57.1. The Hall–Kier alpha value is -3.67. The Kier molecular flexibility index (Phi) is 63.7. The summed E-state index contributed by atoms with van der Waals surface area (Å²) in [6.07, 6.45) is 90.3. The van der Waals surface area contributed by atoms with E-state index in [4.69, 9.17) is 14.2 Å². The molecule has 0 heterocycles. The van der Waals surface area contributed by atoms with E-state index in [-0.39, 0.29) is 37.5 Å². The van der Waals surface area contributed by atoms with E-state index in [0.717, 1.165) is 96.3 Å². The molecule has 79 heavy (non-hydrogen) atoms. The van der Waals surface area contributed by atoms with Gasteiger partial charge < -0.3 is 14.2 Å². The molecule has 1 atom stereocenters. The predicted octanol–water partition coefficient (Wildman–Crippen LogP) is 23.2. The number of ether oxygens (including phenoxy) is 3. The molecule has 0 aliphatic heterocycles. The largest absolute Gasteiger partial charge is 0.462 e. The van der Waals surface area contributed by atoms with E-state index in [2.05, 4.69) is 118 Å². The number of unbranched alkanes of at least 4 members (excludes halogenated alkanes) is 34. The predicted molar refractivity (Wildman–Crippen MR) is 344 cm³/mol. The lowest BCUT2D eigenvalue weighted by molar-refractivity contribution is -0.167. The van der Waals surface area contributed by atoms with Gasteiger partial charge in [0.2, 0.25) is 0 Å². The van der Waals surface area contributed by atoms with Gasteiger partial charge >= 0.3 is 17.9 Å². The minimum Gasteiger partial charge on any atom is -0.462 e. The molecular weight excluding hydrogens is 973 g/mol. The van der Waals surface area contributed by atoms with Gasteiger partial charge in [0.25, 0.3) is 0 Å². The SMILES string of the molecule is CC/C=C\C/C=C\C/C=C\C/C=C\C/C=C\CCCC(=O)OC(COC(=O)CCCCCCC/C=C\CCCC)COC(=O)CCCCCCCCCCCCCCCCCCCCCCC/C=C\C/C=C\CCCCCCC. The Morgan fingerprint density at radius 2 is 0.519 bits per heavy atom. The van der Waals surface area contributed by atoms with E-state index in [1.807, 2.05) is 0 Å². The van der Waals surface area contributed by atoms with Gasteiger partial charge in [-0.25, -0.2) is 0 Å². The van der Waals surface area contributed by atoms with Crippen LogP contribution in [0.2, 0.25) is 0 Å². The van der Waals surface area contributed by atoms with Crippen molar-refractivity contribution in [3.05, 3.63) is 97.2 Å². The highest BCUT2D eigenvalue weighted by molar-refractivity contribution is 5.71. The number of esters is 3. The zero-order valence-corrected chi connectivity index (χ0v) is 52.1. The van der Waals surface area contributed by atoms with Crippen molar-refractivity contribution in [2.45, 2.75) is 335 Å². The van der Waals surface area contributed by atoms with E-state index in [1.54, 1.807) is 0 Å². The molecule has 0 bridgehead atoms. The van der Waals surface area contributed by atoms with Crippen molar-refractivity contribution < 1.29 is 28.6 Å². The number of allylic oxidation sites excluding steroid dienone is 16. The highest BCUT2D eigenvalue weighted by atomic mass is 16.6. The quantitative estimate of drug-likeness (QED) is 0.0261. The van der Waals surface area contributed by atoms with Gasteiger partial charge in [0.05, 0.1) is 0 Å². The smallest absolute Gasteiger partial charge is 0.306 e. The molecule has 0 saturated carbocycles. The second-order valence-electron chi connectivity index (χ2n) is 22.3. The molecule has 0 aromatic heterocycles. The van der Waals surface area contributed by atoms with Gasteiger partial charge in [-0.3, -0.25) is 14.4 Å². The third-order valence-electron chi connectivity index (χ3n) is 14.5. The van der Waals surface area contributed by atoms with Gasteiger partial charge in [-0.2, -0.15) is 0 Å². The molecule has 454 valence electrons. The summed E-state index contributed by atoms with van der Waals surface area (Å²) < 4.78 is 16.8. The molecule has 0 amide bonds. The van der Waals surface area contributed by atoms with Crippen LogP contribution in [0.25, 0.3) is 0 Å². The lowest BCUT2D eigenvalue weighted by atomic mass is 10.0. The minimum atomic E-state index is -0.810. The first-order chi connectivity index (χ1) is 39.0. The molecule has 0 aliphatic carbocycles. The van der Waals surface area contributed by atoms with E-state index in [1.165, 1.54) is 186 Å². The number of rotatable bonds is 61. The monoisotopic (exact) mass is 1100 g/mol. The molecule has 6 heteroatoms. The maximum absolute atomic E-state index is 12.9. The summed E-state index contributed by atoms with van der Waals surface area (Å²) >= 11 is 0. The number of hydrogen-bond acceptors (Lipinski definition) is 6. The highest BCUT2D eigenvalue weighted by Gasteiger charge is 2.19. The average Bonchev–Trinajstić information content (AvgIpc) is 3.45. The van der Waals surface area contributed by atoms with Crippen LogP contribution in [-0.2, 0) is 28.6 Å². The molecule has 0 radical (unpaired) electrons. The van der Waals surface area contributed by atoms with Crippen LogP contribution < -0.4 is 0 Å². The Balaban J connectivity index is 4.15. The first kappa shape index (κ1) is 75.3. The van der Waals surface area contributed by atoms with Crippen LogP contribution in [0.3, 0.4) is 0 Å². The lowest BCUT2D eigenvalue weighted by Crippen LogP contribution is -2.30. The number of carbonyl (C=O) groups excluding carboxylic acids is 3.